The Balaban J connectivity index is 2.16. The molecule has 4 heteroatoms. The number of hydrogen-bond donors (Lipinski definition) is 0. The van der Waals surface area contributed by atoms with Crippen LogP contribution in [0.5, 0.6) is 5.75 Å². The Bertz CT molecular complexity index is 649. The van der Waals surface area contributed by atoms with E-state index in [1.54, 1.807) is 0 Å². The first-order valence-electron chi connectivity index (χ1n) is 7.37. The van der Waals surface area contributed by atoms with Crippen LogP contribution in [0.2, 0.25) is 0 Å². The fourth-order valence-electron chi connectivity index (χ4n) is 2.15. The maximum absolute atomic E-state index is 11.6. The van der Waals surface area contributed by atoms with Crippen molar-refractivity contribution in [3.8, 4) is 5.75 Å². The molecule has 4 nitrogen and oxygen atoms in total. The van der Waals surface area contributed by atoms with Gasteiger partial charge in [0.1, 0.15) is 5.75 Å². The Morgan fingerprint density at radius 3 is 2.41 bits per heavy atom. The van der Waals surface area contributed by atoms with Crippen molar-refractivity contribution >= 4 is 16.7 Å². The molecule has 0 saturated heterocycles. The fraction of sp³-hybridized carbons (Fsp3) is 0.389. The molecule has 0 radical (unpaired) electrons. The van der Waals surface area contributed by atoms with E-state index < -0.39 is 0 Å². The minimum absolute atomic E-state index is 0.142. The van der Waals surface area contributed by atoms with E-state index >= 15 is 0 Å². The Morgan fingerprint density at radius 1 is 1.05 bits per heavy atom. The molecule has 118 valence electrons. The smallest absolute Gasteiger partial charge is 0.312 e. The van der Waals surface area contributed by atoms with Crippen LogP contribution in [0.15, 0.2) is 36.4 Å². The molecule has 0 saturated carbocycles. The monoisotopic (exact) mass is 302 g/mol. The van der Waals surface area contributed by atoms with Crippen molar-refractivity contribution in [2.45, 2.75) is 32.8 Å². The van der Waals surface area contributed by atoms with E-state index in [9.17, 15) is 4.79 Å². The summed E-state index contributed by atoms with van der Waals surface area (Å²) in [5.74, 6) is 0.261. The van der Waals surface area contributed by atoms with Crippen LogP contribution < -0.4 is 4.74 Å². The molecule has 1 atom stereocenters. The molecule has 1 unspecified atom stereocenters. The number of esters is 1. The molecule has 22 heavy (non-hydrogen) atoms. The number of carbonyl (C=O) groups is 1. The average Bonchev–Trinajstić information content (AvgIpc) is 2.52. The zero-order valence-electron chi connectivity index (χ0n) is 13.5. The number of ether oxygens (including phenoxy) is 3. The van der Waals surface area contributed by atoms with E-state index in [4.69, 9.17) is 14.2 Å². The molecule has 0 bridgehead atoms. The predicted molar refractivity (Wildman–Crippen MR) is 86.1 cm³/mol. The molecular formula is C18H22O4. The Morgan fingerprint density at radius 2 is 1.73 bits per heavy atom. The van der Waals surface area contributed by atoms with Crippen LogP contribution in [0, 0.1) is 0 Å². The van der Waals surface area contributed by atoms with Crippen LogP contribution >= 0.6 is 0 Å². The molecule has 0 amide bonds. The van der Waals surface area contributed by atoms with Gasteiger partial charge in [0.15, 0.2) is 6.79 Å². The summed E-state index contributed by atoms with van der Waals surface area (Å²) in [4.78, 5) is 11.6. The fourth-order valence-corrected chi connectivity index (χ4v) is 2.15. The number of hydrogen-bond acceptors (Lipinski definition) is 4. The van der Waals surface area contributed by atoms with Gasteiger partial charge in [-0.1, -0.05) is 24.3 Å². The Kier molecular flexibility index (Phi) is 5.39. The van der Waals surface area contributed by atoms with Crippen molar-refractivity contribution in [2.75, 3.05) is 13.9 Å². The zero-order valence-corrected chi connectivity index (χ0v) is 13.5. The first-order chi connectivity index (χ1) is 10.5. The summed E-state index contributed by atoms with van der Waals surface area (Å²) in [6.07, 6.45) is 0.142. The lowest BCUT2D eigenvalue weighted by Gasteiger charge is -2.12. The molecule has 2 aromatic rings. The number of carbonyl (C=O) groups excluding carboxylic acids is 1. The van der Waals surface area contributed by atoms with Gasteiger partial charge in [0.25, 0.3) is 0 Å². The van der Waals surface area contributed by atoms with Crippen LogP contribution in [0.4, 0.5) is 0 Å². The van der Waals surface area contributed by atoms with Gasteiger partial charge in [-0.25, -0.2) is 0 Å². The van der Waals surface area contributed by atoms with Crippen molar-refractivity contribution in [3.63, 3.8) is 0 Å². The Hall–Kier alpha value is -2.07. The van der Waals surface area contributed by atoms with Crippen LogP contribution in [0.1, 0.15) is 32.3 Å². The summed E-state index contributed by atoms with van der Waals surface area (Å²) in [6.45, 7) is 6.01. The van der Waals surface area contributed by atoms with Gasteiger partial charge in [-0.3, -0.25) is 4.79 Å². The van der Waals surface area contributed by atoms with Crippen molar-refractivity contribution in [2.24, 2.45) is 0 Å². The third-order valence-electron chi connectivity index (χ3n) is 3.52. The summed E-state index contributed by atoms with van der Waals surface area (Å²) >= 11 is 0. The summed E-state index contributed by atoms with van der Waals surface area (Å²) in [5.41, 5.74) is 0.941. The predicted octanol–water partition coefficient (Wildman–Crippen LogP) is 3.88. The minimum Gasteiger partial charge on any atom is -0.469 e. The van der Waals surface area contributed by atoms with E-state index in [0.29, 0.717) is 0 Å². The lowest BCUT2D eigenvalue weighted by molar-refractivity contribution is -0.141. The molecule has 0 spiro atoms. The number of benzene rings is 2. The normalized spacial score (nSPS) is 12.4. The van der Waals surface area contributed by atoms with Crippen LogP contribution in [-0.4, -0.2) is 26.0 Å². The van der Waals surface area contributed by atoms with Gasteiger partial charge in [-0.2, -0.15) is 0 Å². The average molecular weight is 302 g/mol. The molecule has 0 aromatic heterocycles. The summed E-state index contributed by atoms with van der Waals surface area (Å²) in [7, 11) is 1.41. The van der Waals surface area contributed by atoms with Gasteiger partial charge in [0.05, 0.1) is 19.1 Å². The van der Waals surface area contributed by atoms with Gasteiger partial charge in [0.2, 0.25) is 0 Å². The first-order valence-corrected chi connectivity index (χ1v) is 7.37. The topological polar surface area (TPSA) is 44.8 Å². The maximum Gasteiger partial charge on any atom is 0.312 e. The second-order valence-electron chi connectivity index (χ2n) is 5.49. The minimum atomic E-state index is -0.273. The zero-order chi connectivity index (χ0) is 16.1. The molecule has 0 heterocycles. The third-order valence-corrected chi connectivity index (χ3v) is 3.52. The molecular weight excluding hydrogens is 280 g/mol. The van der Waals surface area contributed by atoms with Crippen molar-refractivity contribution in [1.29, 1.82) is 0 Å². The highest BCUT2D eigenvalue weighted by Crippen LogP contribution is 2.25. The molecule has 0 aliphatic rings. The SMILES string of the molecule is COC(=O)C(C)c1ccc2cc(OCOC(C)C)ccc2c1. The first kappa shape index (κ1) is 16.3. The van der Waals surface area contributed by atoms with Gasteiger partial charge >= 0.3 is 5.97 Å². The van der Waals surface area contributed by atoms with E-state index in [1.165, 1.54) is 7.11 Å². The highest BCUT2D eigenvalue weighted by Gasteiger charge is 2.15. The molecule has 2 rings (SSSR count). The largest absolute Gasteiger partial charge is 0.469 e. The van der Waals surface area contributed by atoms with Crippen LogP contribution in [0.3, 0.4) is 0 Å². The van der Waals surface area contributed by atoms with Crippen molar-refractivity contribution in [3.05, 3.63) is 42.0 Å². The highest BCUT2D eigenvalue weighted by atomic mass is 16.7. The summed E-state index contributed by atoms with van der Waals surface area (Å²) in [5, 5.41) is 2.12. The third kappa shape index (κ3) is 3.98. The van der Waals surface area contributed by atoms with Gasteiger partial charge in [0, 0.05) is 0 Å². The van der Waals surface area contributed by atoms with E-state index in [1.807, 2.05) is 57.2 Å². The molecule has 0 fully saturated rings. The maximum atomic E-state index is 11.6. The van der Waals surface area contributed by atoms with Crippen molar-refractivity contribution in [1.82, 2.24) is 0 Å². The Labute approximate surface area is 131 Å². The van der Waals surface area contributed by atoms with Gasteiger partial charge in [-0.15, -0.1) is 0 Å². The lowest BCUT2D eigenvalue weighted by Crippen LogP contribution is -2.10. The van der Waals surface area contributed by atoms with E-state index in [0.717, 1.165) is 22.1 Å². The second kappa shape index (κ2) is 7.27. The number of rotatable bonds is 6. The summed E-state index contributed by atoms with van der Waals surface area (Å²) < 4.78 is 15.7. The van der Waals surface area contributed by atoms with Gasteiger partial charge < -0.3 is 14.2 Å². The molecule has 2 aromatic carbocycles. The quantitative estimate of drug-likeness (QED) is 0.600. The second-order valence-corrected chi connectivity index (χ2v) is 5.49. The lowest BCUT2D eigenvalue weighted by atomic mass is 9.98. The summed E-state index contributed by atoms with van der Waals surface area (Å²) in [6, 6.07) is 11.8. The van der Waals surface area contributed by atoms with Crippen LogP contribution in [0.25, 0.3) is 10.8 Å². The van der Waals surface area contributed by atoms with Gasteiger partial charge in [-0.05, 0) is 49.2 Å². The standard InChI is InChI=1S/C18H22O4/c1-12(2)21-11-22-17-8-7-15-9-14(5-6-16(15)10-17)13(3)18(19)20-4/h5-10,12-13H,11H2,1-4H3. The number of fused-ring (bicyclic) bond motifs is 1. The van der Waals surface area contributed by atoms with E-state index in [2.05, 4.69) is 0 Å². The molecule has 0 aliphatic carbocycles. The molecule has 0 N–H and O–H groups in total. The highest BCUT2D eigenvalue weighted by molar-refractivity contribution is 5.86. The van der Waals surface area contributed by atoms with Crippen molar-refractivity contribution < 1.29 is 19.0 Å². The molecule has 0 aliphatic heterocycles. The number of methoxy groups -OCH3 is 1. The van der Waals surface area contributed by atoms with Crippen LogP contribution in [-0.2, 0) is 14.3 Å². The van der Waals surface area contributed by atoms with E-state index in [-0.39, 0.29) is 24.8 Å².